The molecule has 3 aromatic rings. The summed E-state index contributed by atoms with van der Waals surface area (Å²) in [6.07, 6.45) is 1.53. The average molecular weight is 300 g/mol. The van der Waals surface area contributed by atoms with Crippen LogP contribution in [0.3, 0.4) is 0 Å². The van der Waals surface area contributed by atoms with E-state index in [1.54, 1.807) is 4.68 Å². The largest absolute Gasteiger partial charge is 0.494 e. The number of halogens is 1. The molecule has 0 unspecified atom stereocenters. The van der Waals surface area contributed by atoms with Gasteiger partial charge >= 0.3 is 0 Å². The van der Waals surface area contributed by atoms with Gasteiger partial charge in [-0.25, -0.2) is 9.67 Å². The predicted octanol–water partition coefficient (Wildman–Crippen LogP) is 3.99. The number of aromatic nitrogens is 3. The van der Waals surface area contributed by atoms with Crippen LogP contribution in [-0.2, 0) is 0 Å². The smallest absolute Gasteiger partial charge is 0.163 e. The highest BCUT2D eigenvalue weighted by molar-refractivity contribution is 6.30. The number of hydrogen-bond donors (Lipinski definition) is 0. The van der Waals surface area contributed by atoms with E-state index in [4.69, 9.17) is 16.3 Å². The molecule has 5 heteroatoms. The van der Waals surface area contributed by atoms with Gasteiger partial charge in [-0.15, -0.1) is 0 Å². The van der Waals surface area contributed by atoms with Gasteiger partial charge in [0.25, 0.3) is 0 Å². The van der Waals surface area contributed by atoms with Crippen molar-refractivity contribution in [2.75, 3.05) is 6.61 Å². The Bertz CT molecular complexity index is 737. The number of ether oxygens (including phenoxy) is 1. The first-order chi connectivity index (χ1) is 10.3. The highest BCUT2D eigenvalue weighted by Gasteiger charge is 2.09. The summed E-state index contributed by atoms with van der Waals surface area (Å²) in [6, 6.07) is 15.3. The van der Waals surface area contributed by atoms with Crippen LogP contribution in [0.1, 0.15) is 6.92 Å². The Hall–Kier alpha value is -2.33. The van der Waals surface area contributed by atoms with Crippen LogP contribution in [0.15, 0.2) is 54.9 Å². The molecule has 1 heterocycles. The minimum Gasteiger partial charge on any atom is -0.494 e. The number of rotatable bonds is 4. The lowest BCUT2D eigenvalue weighted by Gasteiger charge is -2.07. The lowest BCUT2D eigenvalue weighted by atomic mass is 10.2. The lowest BCUT2D eigenvalue weighted by molar-refractivity contribution is 0.340. The monoisotopic (exact) mass is 299 g/mol. The fraction of sp³-hybridized carbons (Fsp3) is 0.125. The Labute approximate surface area is 128 Å². The number of benzene rings is 2. The van der Waals surface area contributed by atoms with Gasteiger partial charge in [-0.2, -0.15) is 5.10 Å². The van der Waals surface area contributed by atoms with Crippen LogP contribution in [0, 0.1) is 0 Å². The van der Waals surface area contributed by atoms with Gasteiger partial charge in [-0.3, -0.25) is 0 Å². The Balaban J connectivity index is 1.98. The molecule has 0 aliphatic carbocycles. The zero-order chi connectivity index (χ0) is 14.7. The van der Waals surface area contributed by atoms with E-state index in [1.165, 1.54) is 6.33 Å². The quantitative estimate of drug-likeness (QED) is 0.731. The second-order valence-electron chi connectivity index (χ2n) is 4.43. The Morgan fingerprint density at radius 3 is 2.67 bits per heavy atom. The first-order valence-electron chi connectivity index (χ1n) is 6.67. The summed E-state index contributed by atoms with van der Waals surface area (Å²) in [5.74, 6) is 1.61. The van der Waals surface area contributed by atoms with Crippen LogP contribution in [0.4, 0.5) is 0 Å². The summed E-state index contributed by atoms with van der Waals surface area (Å²) in [5, 5.41) is 4.95. The highest BCUT2D eigenvalue weighted by atomic mass is 35.5. The molecular weight excluding hydrogens is 286 g/mol. The maximum atomic E-state index is 6.04. The molecule has 0 atom stereocenters. The van der Waals surface area contributed by atoms with Crippen molar-refractivity contribution in [2.24, 2.45) is 0 Å². The fourth-order valence-electron chi connectivity index (χ4n) is 2.10. The second-order valence-corrected chi connectivity index (χ2v) is 4.87. The van der Waals surface area contributed by atoms with E-state index in [2.05, 4.69) is 10.1 Å². The molecule has 2 aromatic carbocycles. The van der Waals surface area contributed by atoms with Gasteiger partial charge in [0.2, 0.25) is 0 Å². The van der Waals surface area contributed by atoms with E-state index in [9.17, 15) is 0 Å². The van der Waals surface area contributed by atoms with Crippen molar-refractivity contribution >= 4 is 11.6 Å². The molecule has 0 amide bonds. The summed E-state index contributed by atoms with van der Waals surface area (Å²) >= 11 is 6.04. The predicted molar refractivity (Wildman–Crippen MR) is 83.0 cm³/mol. The maximum absolute atomic E-state index is 6.04. The highest BCUT2D eigenvalue weighted by Crippen LogP contribution is 2.23. The van der Waals surface area contributed by atoms with Crippen molar-refractivity contribution in [2.45, 2.75) is 6.92 Å². The van der Waals surface area contributed by atoms with Gasteiger partial charge in [0.15, 0.2) is 5.82 Å². The molecule has 4 nitrogen and oxygen atoms in total. The van der Waals surface area contributed by atoms with Crippen molar-refractivity contribution < 1.29 is 4.74 Å². The van der Waals surface area contributed by atoms with E-state index in [0.717, 1.165) is 22.8 Å². The van der Waals surface area contributed by atoms with Crippen molar-refractivity contribution in [3.63, 3.8) is 0 Å². The summed E-state index contributed by atoms with van der Waals surface area (Å²) in [7, 11) is 0. The third kappa shape index (κ3) is 2.90. The molecule has 106 valence electrons. The first-order valence-corrected chi connectivity index (χ1v) is 7.05. The third-order valence-corrected chi connectivity index (χ3v) is 3.26. The summed E-state index contributed by atoms with van der Waals surface area (Å²) in [5.41, 5.74) is 1.85. The van der Waals surface area contributed by atoms with Crippen LogP contribution in [0.25, 0.3) is 17.1 Å². The van der Waals surface area contributed by atoms with E-state index in [0.29, 0.717) is 11.6 Å². The molecule has 3 rings (SSSR count). The number of hydrogen-bond acceptors (Lipinski definition) is 3. The van der Waals surface area contributed by atoms with Gasteiger partial charge in [0.05, 0.1) is 12.3 Å². The molecule has 0 saturated heterocycles. The van der Waals surface area contributed by atoms with Crippen LogP contribution >= 0.6 is 11.6 Å². The molecule has 0 radical (unpaired) electrons. The zero-order valence-electron chi connectivity index (χ0n) is 11.5. The van der Waals surface area contributed by atoms with E-state index in [1.807, 2.05) is 55.5 Å². The molecule has 0 bridgehead atoms. The molecule has 0 aliphatic rings. The SMILES string of the molecule is CCOc1ccc(-c2ncnn2-c2cccc(Cl)c2)cc1. The van der Waals surface area contributed by atoms with Crippen molar-refractivity contribution in [1.82, 2.24) is 14.8 Å². The lowest BCUT2D eigenvalue weighted by Crippen LogP contribution is -1.99. The van der Waals surface area contributed by atoms with Crippen LogP contribution in [0.2, 0.25) is 5.02 Å². The van der Waals surface area contributed by atoms with Crippen molar-refractivity contribution in [1.29, 1.82) is 0 Å². The van der Waals surface area contributed by atoms with Crippen LogP contribution < -0.4 is 4.74 Å². The zero-order valence-corrected chi connectivity index (χ0v) is 12.3. The molecule has 0 saturated carbocycles. The van der Waals surface area contributed by atoms with E-state index in [-0.39, 0.29) is 0 Å². The van der Waals surface area contributed by atoms with Crippen LogP contribution in [-0.4, -0.2) is 21.4 Å². The molecule has 0 aliphatic heterocycles. The van der Waals surface area contributed by atoms with Gasteiger partial charge in [-0.05, 0) is 49.4 Å². The molecule has 0 spiro atoms. The summed E-state index contributed by atoms with van der Waals surface area (Å²) < 4.78 is 7.21. The number of nitrogens with zero attached hydrogens (tertiary/aromatic N) is 3. The first kappa shape index (κ1) is 13.6. The fourth-order valence-corrected chi connectivity index (χ4v) is 2.29. The van der Waals surface area contributed by atoms with E-state index < -0.39 is 0 Å². The minimum absolute atomic E-state index is 0.651. The molecular formula is C16H14ClN3O. The summed E-state index contributed by atoms with van der Waals surface area (Å²) in [4.78, 5) is 4.34. The van der Waals surface area contributed by atoms with Crippen molar-refractivity contribution in [3.8, 4) is 22.8 Å². The normalized spacial score (nSPS) is 10.6. The Kier molecular flexibility index (Phi) is 3.88. The van der Waals surface area contributed by atoms with Gasteiger partial charge in [-0.1, -0.05) is 17.7 Å². The van der Waals surface area contributed by atoms with Gasteiger partial charge in [0, 0.05) is 10.6 Å². The van der Waals surface area contributed by atoms with Crippen molar-refractivity contribution in [3.05, 3.63) is 59.9 Å². The Morgan fingerprint density at radius 1 is 1.14 bits per heavy atom. The van der Waals surface area contributed by atoms with Gasteiger partial charge in [0.1, 0.15) is 12.1 Å². The standard InChI is InChI=1S/C16H14ClN3O/c1-2-21-15-8-6-12(7-9-15)16-18-11-19-20(16)14-5-3-4-13(17)10-14/h3-11H,2H2,1H3. The maximum Gasteiger partial charge on any atom is 0.163 e. The Morgan fingerprint density at radius 2 is 1.95 bits per heavy atom. The molecule has 1 aromatic heterocycles. The van der Waals surface area contributed by atoms with Gasteiger partial charge < -0.3 is 4.74 Å². The molecule has 21 heavy (non-hydrogen) atoms. The van der Waals surface area contributed by atoms with E-state index >= 15 is 0 Å². The van der Waals surface area contributed by atoms with Crippen LogP contribution in [0.5, 0.6) is 5.75 Å². The minimum atomic E-state index is 0.651. The topological polar surface area (TPSA) is 39.9 Å². The third-order valence-electron chi connectivity index (χ3n) is 3.02. The average Bonchev–Trinajstić information content (AvgIpc) is 2.98. The summed E-state index contributed by atoms with van der Waals surface area (Å²) in [6.45, 7) is 2.61. The second kappa shape index (κ2) is 5.97. The molecule has 0 N–H and O–H groups in total. The molecule has 0 fully saturated rings.